The van der Waals surface area contributed by atoms with Crippen LogP contribution in [0.25, 0.3) is 11.3 Å². The molecule has 1 aromatic heterocycles. The Kier molecular flexibility index (Phi) is 7.11. The summed E-state index contributed by atoms with van der Waals surface area (Å²) < 4.78 is 32.4. The molecule has 0 bridgehead atoms. The molecule has 9 heteroatoms. The van der Waals surface area contributed by atoms with Crippen LogP contribution in [-0.4, -0.2) is 43.3 Å². The van der Waals surface area contributed by atoms with Gasteiger partial charge >= 0.3 is 0 Å². The molecular formula is C24H27N3O4S2. The maximum atomic E-state index is 12.7. The third-order valence-corrected chi connectivity index (χ3v) is 8.19. The van der Waals surface area contributed by atoms with E-state index in [0.29, 0.717) is 35.6 Å². The number of nitrogens with zero attached hydrogens (tertiary/aromatic N) is 2. The van der Waals surface area contributed by atoms with E-state index in [2.05, 4.69) is 24.1 Å². The molecule has 0 aliphatic carbocycles. The predicted molar refractivity (Wildman–Crippen MR) is 130 cm³/mol. The Morgan fingerprint density at radius 2 is 1.76 bits per heavy atom. The minimum absolute atomic E-state index is 0.112. The lowest BCUT2D eigenvalue weighted by Gasteiger charge is -2.15. The van der Waals surface area contributed by atoms with Gasteiger partial charge in [-0.3, -0.25) is 10.1 Å². The van der Waals surface area contributed by atoms with Crippen molar-refractivity contribution in [3.63, 3.8) is 0 Å². The maximum absolute atomic E-state index is 12.7. The minimum Gasteiger partial charge on any atom is -0.484 e. The number of aromatic nitrogens is 1. The van der Waals surface area contributed by atoms with Gasteiger partial charge in [0.1, 0.15) is 5.75 Å². The van der Waals surface area contributed by atoms with Crippen LogP contribution in [0.4, 0.5) is 5.13 Å². The van der Waals surface area contributed by atoms with Crippen molar-refractivity contribution in [1.29, 1.82) is 0 Å². The number of nitrogens with one attached hydrogen (secondary N) is 1. The zero-order chi connectivity index (χ0) is 23.4. The number of rotatable bonds is 8. The molecule has 2 heterocycles. The van der Waals surface area contributed by atoms with Gasteiger partial charge in [-0.25, -0.2) is 13.4 Å². The van der Waals surface area contributed by atoms with Crippen molar-refractivity contribution in [2.75, 3.05) is 25.0 Å². The molecule has 174 valence electrons. The number of hydrogen-bond acceptors (Lipinski definition) is 6. The van der Waals surface area contributed by atoms with Crippen molar-refractivity contribution < 1.29 is 17.9 Å². The molecule has 0 spiro atoms. The molecular weight excluding hydrogens is 458 g/mol. The first-order valence-corrected chi connectivity index (χ1v) is 13.2. The van der Waals surface area contributed by atoms with E-state index in [1.54, 1.807) is 24.3 Å². The topological polar surface area (TPSA) is 88.6 Å². The number of thiazole rings is 1. The van der Waals surface area contributed by atoms with Gasteiger partial charge in [0.15, 0.2) is 11.7 Å². The number of hydrogen-bond donors (Lipinski definition) is 1. The normalized spacial score (nSPS) is 14.5. The molecule has 0 atom stereocenters. The highest BCUT2D eigenvalue weighted by atomic mass is 32.2. The summed E-state index contributed by atoms with van der Waals surface area (Å²) in [4.78, 5) is 17.0. The monoisotopic (exact) mass is 485 g/mol. The van der Waals surface area contributed by atoms with Crippen molar-refractivity contribution in [1.82, 2.24) is 9.29 Å². The van der Waals surface area contributed by atoms with Crippen molar-refractivity contribution in [2.24, 2.45) is 0 Å². The molecule has 3 aromatic rings. The molecule has 1 N–H and O–H groups in total. The Morgan fingerprint density at radius 1 is 1.09 bits per heavy atom. The Bertz CT molecular complexity index is 1200. The van der Waals surface area contributed by atoms with E-state index >= 15 is 0 Å². The Labute approximate surface area is 198 Å². The van der Waals surface area contributed by atoms with E-state index < -0.39 is 10.0 Å². The highest BCUT2D eigenvalue weighted by Gasteiger charge is 2.27. The maximum Gasteiger partial charge on any atom is 0.264 e. The second-order valence-corrected chi connectivity index (χ2v) is 11.0. The van der Waals surface area contributed by atoms with Crippen LogP contribution in [0.1, 0.15) is 38.2 Å². The fourth-order valence-corrected chi connectivity index (χ4v) is 5.85. The van der Waals surface area contributed by atoms with Crippen LogP contribution in [0.3, 0.4) is 0 Å². The van der Waals surface area contributed by atoms with Gasteiger partial charge in [0, 0.05) is 24.0 Å². The van der Waals surface area contributed by atoms with Gasteiger partial charge in [0.05, 0.1) is 10.6 Å². The van der Waals surface area contributed by atoms with E-state index in [4.69, 9.17) is 4.74 Å². The number of benzene rings is 2. The number of ether oxygens (including phenoxy) is 1. The van der Waals surface area contributed by atoms with Crippen molar-refractivity contribution >= 4 is 32.4 Å². The van der Waals surface area contributed by atoms with Gasteiger partial charge in [-0.05, 0) is 48.6 Å². The lowest BCUT2D eigenvalue weighted by molar-refractivity contribution is -0.118. The summed E-state index contributed by atoms with van der Waals surface area (Å²) in [5.74, 6) is 0.779. The fraction of sp³-hybridized carbons (Fsp3) is 0.333. The van der Waals surface area contributed by atoms with Crippen LogP contribution in [0, 0.1) is 0 Å². The standard InChI is InChI=1S/C24H27N3O4S2/c1-17(2)18-5-9-20(10-6-18)31-15-23(28)26-24-25-22(16-32-24)19-7-11-21(12-8-19)33(29,30)27-13-3-4-14-27/h5-12,16-17H,3-4,13-15H2,1-2H3,(H,25,26,28). The van der Waals surface area contributed by atoms with E-state index in [9.17, 15) is 13.2 Å². The van der Waals surface area contributed by atoms with E-state index in [1.165, 1.54) is 21.2 Å². The van der Waals surface area contributed by atoms with Crippen LogP contribution in [0.5, 0.6) is 5.75 Å². The fourth-order valence-electron chi connectivity index (χ4n) is 3.59. The molecule has 1 amide bonds. The zero-order valence-corrected chi connectivity index (χ0v) is 20.3. The Balaban J connectivity index is 1.34. The molecule has 2 aromatic carbocycles. The number of sulfonamides is 1. The van der Waals surface area contributed by atoms with E-state index in [-0.39, 0.29) is 17.4 Å². The molecule has 4 rings (SSSR count). The average Bonchev–Trinajstić information content (AvgIpc) is 3.51. The summed E-state index contributed by atoms with van der Waals surface area (Å²) in [6.07, 6.45) is 1.81. The summed E-state index contributed by atoms with van der Waals surface area (Å²) in [5, 5.41) is 5.03. The van der Waals surface area contributed by atoms with E-state index in [0.717, 1.165) is 18.4 Å². The molecule has 1 fully saturated rings. The summed E-state index contributed by atoms with van der Waals surface area (Å²) in [6.45, 7) is 5.28. The smallest absolute Gasteiger partial charge is 0.264 e. The lowest BCUT2D eigenvalue weighted by atomic mass is 10.0. The summed E-state index contributed by atoms with van der Waals surface area (Å²) in [6, 6.07) is 14.4. The quantitative estimate of drug-likeness (QED) is 0.498. The van der Waals surface area contributed by atoms with Gasteiger partial charge in [-0.1, -0.05) is 38.1 Å². The van der Waals surface area contributed by atoms with Gasteiger partial charge in [0.25, 0.3) is 5.91 Å². The van der Waals surface area contributed by atoms with Crippen LogP contribution in [0.15, 0.2) is 58.8 Å². The van der Waals surface area contributed by atoms with Gasteiger partial charge < -0.3 is 4.74 Å². The summed E-state index contributed by atoms with van der Waals surface area (Å²) in [7, 11) is -3.44. The third-order valence-electron chi connectivity index (χ3n) is 5.52. The first-order chi connectivity index (χ1) is 15.8. The SMILES string of the molecule is CC(C)c1ccc(OCC(=O)Nc2nc(-c3ccc(S(=O)(=O)N4CCCC4)cc3)cs2)cc1. The molecule has 7 nitrogen and oxygen atoms in total. The number of amides is 1. The van der Waals surface area contributed by atoms with Crippen LogP contribution >= 0.6 is 11.3 Å². The highest BCUT2D eigenvalue weighted by molar-refractivity contribution is 7.89. The number of anilines is 1. The largest absolute Gasteiger partial charge is 0.484 e. The van der Waals surface area contributed by atoms with Gasteiger partial charge in [-0.15, -0.1) is 11.3 Å². The molecule has 33 heavy (non-hydrogen) atoms. The molecule has 0 unspecified atom stereocenters. The molecule has 0 saturated carbocycles. The zero-order valence-electron chi connectivity index (χ0n) is 18.7. The molecule has 1 aliphatic heterocycles. The minimum atomic E-state index is -3.44. The Morgan fingerprint density at radius 3 is 2.39 bits per heavy atom. The highest BCUT2D eigenvalue weighted by Crippen LogP contribution is 2.27. The second kappa shape index (κ2) is 10.0. The molecule has 1 aliphatic rings. The molecule has 1 saturated heterocycles. The van der Waals surface area contributed by atoms with Crippen molar-refractivity contribution in [3.05, 3.63) is 59.5 Å². The second-order valence-electron chi connectivity index (χ2n) is 8.23. The van der Waals surface area contributed by atoms with E-state index in [1.807, 2.05) is 29.6 Å². The average molecular weight is 486 g/mol. The van der Waals surface area contributed by atoms with Crippen molar-refractivity contribution in [3.8, 4) is 17.0 Å². The number of carbonyl (C=O) groups excluding carboxylic acids is 1. The third kappa shape index (κ3) is 5.61. The lowest BCUT2D eigenvalue weighted by Crippen LogP contribution is -2.27. The van der Waals surface area contributed by atoms with Crippen LogP contribution in [0.2, 0.25) is 0 Å². The first kappa shape index (κ1) is 23.4. The number of carbonyl (C=O) groups is 1. The van der Waals surface area contributed by atoms with Crippen LogP contribution < -0.4 is 10.1 Å². The van der Waals surface area contributed by atoms with Crippen molar-refractivity contribution in [2.45, 2.75) is 37.5 Å². The Hall–Kier alpha value is -2.75. The summed E-state index contributed by atoms with van der Waals surface area (Å²) >= 11 is 1.30. The van der Waals surface area contributed by atoms with Crippen LogP contribution in [-0.2, 0) is 14.8 Å². The first-order valence-electron chi connectivity index (χ1n) is 10.9. The summed E-state index contributed by atoms with van der Waals surface area (Å²) in [5.41, 5.74) is 2.67. The van der Waals surface area contributed by atoms with Gasteiger partial charge in [-0.2, -0.15) is 4.31 Å². The predicted octanol–water partition coefficient (Wildman–Crippen LogP) is 4.74. The molecule has 0 radical (unpaired) electrons. The van der Waals surface area contributed by atoms with Gasteiger partial charge in [0.2, 0.25) is 10.0 Å².